The summed E-state index contributed by atoms with van der Waals surface area (Å²) in [5, 5.41) is 0. The van der Waals surface area contributed by atoms with Gasteiger partial charge >= 0.3 is 23.9 Å². The minimum Gasteiger partial charge on any atom is -0.462 e. The lowest BCUT2D eigenvalue weighted by Crippen LogP contribution is -2.47. The summed E-state index contributed by atoms with van der Waals surface area (Å²) < 4.78 is 21.1. The van der Waals surface area contributed by atoms with Gasteiger partial charge in [-0.25, -0.2) is 0 Å². The Morgan fingerprint density at radius 2 is 0.941 bits per heavy atom. The highest BCUT2D eigenvalue weighted by molar-refractivity contribution is 5.68. The van der Waals surface area contributed by atoms with Crippen LogP contribution in [0.4, 0.5) is 0 Å². The minimum atomic E-state index is -1.08. The maximum atomic E-state index is 11.7. The molecule has 0 aromatic rings. The second kappa shape index (κ2) is 20.3. The molecule has 0 saturated carbocycles. The molecule has 0 fully saturated rings. The Morgan fingerprint density at radius 3 is 1.35 bits per heavy atom. The lowest BCUT2D eigenvalue weighted by Gasteiger charge is -2.31. The lowest BCUT2D eigenvalue weighted by atomic mass is 10.00. The van der Waals surface area contributed by atoms with Crippen LogP contribution in [0.1, 0.15) is 118 Å². The molecule has 0 amide bonds. The molecule has 0 aromatic heterocycles. The van der Waals surface area contributed by atoms with Crippen molar-refractivity contribution in [2.75, 3.05) is 6.61 Å². The molecule has 198 valence electrons. The van der Waals surface area contributed by atoms with Crippen molar-refractivity contribution in [2.24, 2.45) is 0 Å². The molecule has 0 saturated heterocycles. The second-order valence-corrected chi connectivity index (χ2v) is 8.85. The van der Waals surface area contributed by atoms with Crippen molar-refractivity contribution >= 4 is 23.9 Å². The van der Waals surface area contributed by atoms with E-state index in [-0.39, 0.29) is 6.61 Å². The average Bonchev–Trinajstić information content (AvgIpc) is 2.74. The van der Waals surface area contributed by atoms with E-state index in [1.54, 1.807) is 0 Å². The number of carbonyl (C=O) groups excluding carboxylic acids is 4. The lowest BCUT2D eigenvalue weighted by molar-refractivity contribution is -0.189. The molecule has 0 rings (SSSR count). The third-order valence-electron chi connectivity index (χ3n) is 5.46. The predicted octanol–water partition coefficient (Wildman–Crippen LogP) is 5.44. The Balaban J connectivity index is 4.72. The zero-order valence-electron chi connectivity index (χ0n) is 21.9. The van der Waals surface area contributed by atoms with E-state index in [1.807, 2.05) is 0 Å². The van der Waals surface area contributed by atoms with Gasteiger partial charge in [0.25, 0.3) is 0 Å². The average molecular weight is 487 g/mol. The minimum absolute atomic E-state index is 0.303. The Labute approximate surface area is 205 Å². The largest absolute Gasteiger partial charge is 0.462 e. The molecule has 8 heteroatoms. The molecule has 0 aromatic carbocycles. The summed E-state index contributed by atoms with van der Waals surface area (Å²) in [7, 11) is 0. The van der Waals surface area contributed by atoms with Gasteiger partial charge in [-0.1, -0.05) is 77.6 Å². The highest BCUT2D eigenvalue weighted by Crippen LogP contribution is 2.21. The summed E-state index contributed by atoms with van der Waals surface area (Å²) in [5.74, 6) is -2.34. The summed E-state index contributed by atoms with van der Waals surface area (Å²) in [6, 6.07) is 0. The molecule has 3 atom stereocenters. The summed E-state index contributed by atoms with van der Waals surface area (Å²) in [6.45, 7) is 6.85. The van der Waals surface area contributed by atoms with Crippen LogP contribution in [0.3, 0.4) is 0 Å². The number of carbonyl (C=O) groups is 4. The van der Waals surface area contributed by atoms with Crippen LogP contribution >= 0.6 is 0 Å². The van der Waals surface area contributed by atoms with Crippen LogP contribution < -0.4 is 0 Å². The van der Waals surface area contributed by atoms with Gasteiger partial charge in [-0.2, -0.15) is 0 Å². The summed E-state index contributed by atoms with van der Waals surface area (Å²) in [4.78, 5) is 46.3. The van der Waals surface area contributed by atoms with Gasteiger partial charge in [-0.15, -0.1) is 0 Å². The molecular formula is C26H46O8. The van der Waals surface area contributed by atoms with E-state index < -0.39 is 42.2 Å². The van der Waals surface area contributed by atoms with Crippen molar-refractivity contribution in [3.8, 4) is 0 Å². The fourth-order valence-electron chi connectivity index (χ4n) is 3.88. The predicted molar refractivity (Wildman–Crippen MR) is 129 cm³/mol. The third kappa shape index (κ3) is 18.3. The van der Waals surface area contributed by atoms with Gasteiger partial charge in [0.15, 0.2) is 12.2 Å². The van der Waals surface area contributed by atoms with Crippen molar-refractivity contribution in [1.82, 2.24) is 0 Å². The van der Waals surface area contributed by atoms with Crippen molar-refractivity contribution < 1.29 is 38.1 Å². The maximum Gasteiger partial charge on any atom is 0.303 e. The molecule has 0 spiro atoms. The number of ether oxygens (including phenoxy) is 4. The standard InChI is InChI=1S/C26H46O8/c1-6-7-8-9-10-11-12-13-14-15-16-17-18-24(32-21(3)28)26(34-23(5)30)25(33-22(4)29)19-31-20(2)27/h24-26H,6-19H2,1-5H3/t24-,25+,26+/m0/s1. The second-order valence-electron chi connectivity index (χ2n) is 8.85. The Kier molecular flexibility index (Phi) is 19.0. The van der Waals surface area contributed by atoms with Gasteiger partial charge in [-0.3, -0.25) is 19.2 Å². The first-order valence-electron chi connectivity index (χ1n) is 12.8. The number of hydrogen-bond donors (Lipinski definition) is 0. The molecule has 0 N–H and O–H groups in total. The first-order chi connectivity index (χ1) is 16.2. The van der Waals surface area contributed by atoms with Crippen LogP contribution in [0.2, 0.25) is 0 Å². The first kappa shape index (κ1) is 31.9. The zero-order valence-corrected chi connectivity index (χ0v) is 21.9. The molecule has 0 bridgehead atoms. The number of rotatable bonds is 20. The van der Waals surface area contributed by atoms with Crippen LogP contribution in [0.5, 0.6) is 0 Å². The Bertz CT molecular complexity index is 589. The van der Waals surface area contributed by atoms with Crippen molar-refractivity contribution in [2.45, 2.75) is 136 Å². The fraction of sp³-hybridized carbons (Fsp3) is 0.846. The molecule has 0 radical (unpaired) electrons. The summed E-state index contributed by atoms with van der Waals surface area (Å²) in [6.07, 6.45) is 11.8. The van der Waals surface area contributed by atoms with Crippen molar-refractivity contribution in [3.63, 3.8) is 0 Å². The monoisotopic (exact) mass is 486 g/mol. The van der Waals surface area contributed by atoms with E-state index in [0.29, 0.717) is 6.42 Å². The van der Waals surface area contributed by atoms with E-state index in [9.17, 15) is 19.2 Å². The van der Waals surface area contributed by atoms with Crippen LogP contribution in [-0.2, 0) is 38.1 Å². The van der Waals surface area contributed by atoms with Gasteiger partial charge < -0.3 is 18.9 Å². The van der Waals surface area contributed by atoms with Gasteiger partial charge in [-0.05, 0) is 12.8 Å². The van der Waals surface area contributed by atoms with Crippen molar-refractivity contribution in [3.05, 3.63) is 0 Å². The summed E-state index contributed by atoms with van der Waals surface area (Å²) in [5.41, 5.74) is 0. The molecule has 0 aliphatic rings. The van der Waals surface area contributed by atoms with E-state index in [4.69, 9.17) is 18.9 Å². The number of esters is 4. The quantitative estimate of drug-likeness (QED) is 0.127. The van der Waals surface area contributed by atoms with Gasteiger partial charge in [0, 0.05) is 27.7 Å². The van der Waals surface area contributed by atoms with Gasteiger partial charge in [0.05, 0.1) is 0 Å². The molecular weight excluding hydrogens is 440 g/mol. The normalized spacial score (nSPS) is 13.4. The molecule has 0 aliphatic carbocycles. The van der Waals surface area contributed by atoms with Gasteiger partial charge in [0.1, 0.15) is 12.7 Å². The van der Waals surface area contributed by atoms with E-state index in [0.717, 1.165) is 25.7 Å². The SMILES string of the molecule is CCCCCCCCCCCCCC[C@H](OC(C)=O)[C@@H](OC(C)=O)[C@@H](COC(C)=O)OC(C)=O. The molecule has 0 heterocycles. The topological polar surface area (TPSA) is 105 Å². The maximum absolute atomic E-state index is 11.7. The molecule has 0 unspecified atom stereocenters. The summed E-state index contributed by atoms with van der Waals surface area (Å²) >= 11 is 0. The van der Waals surface area contributed by atoms with Crippen LogP contribution in [0.15, 0.2) is 0 Å². The van der Waals surface area contributed by atoms with E-state index >= 15 is 0 Å². The zero-order chi connectivity index (χ0) is 25.8. The molecule has 0 aliphatic heterocycles. The van der Waals surface area contributed by atoms with Gasteiger partial charge in [0.2, 0.25) is 0 Å². The fourth-order valence-corrected chi connectivity index (χ4v) is 3.88. The Hall–Kier alpha value is -2.12. The number of unbranched alkanes of at least 4 members (excludes halogenated alkanes) is 11. The smallest absolute Gasteiger partial charge is 0.303 e. The highest BCUT2D eigenvalue weighted by Gasteiger charge is 2.37. The molecule has 8 nitrogen and oxygen atoms in total. The third-order valence-corrected chi connectivity index (χ3v) is 5.46. The van der Waals surface area contributed by atoms with Crippen molar-refractivity contribution in [1.29, 1.82) is 0 Å². The Morgan fingerprint density at radius 1 is 0.529 bits per heavy atom. The van der Waals surface area contributed by atoms with E-state index in [1.165, 1.54) is 79.1 Å². The number of hydrogen-bond acceptors (Lipinski definition) is 8. The highest BCUT2D eigenvalue weighted by atomic mass is 16.6. The van der Waals surface area contributed by atoms with Crippen LogP contribution in [0.25, 0.3) is 0 Å². The molecule has 34 heavy (non-hydrogen) atoms. The van der Waals surface area contributed by atoms with Crippen LogP contribution in [-0.4, -0.2) is 48.8 Å². The van der Waals surface area contributed by atoms with E-state index in [2.05, 4.69) is 6.92 Å². The first-order valence-corrected chi connectivity index (χ1v) is 12.8. The van der Waals surface area contributed by atoms with Crippen LogP contribution in [0, 0.1) is 0 Å².